The predicted octanol–water partition coefficient (Wildman–Crippen LogP) is 5.60. The lowest BCUT2D eigenvalue weighted by Crippen LogP contribution is -2.24. The number of nitrogens with one attached hydrogen (secondary N) is 2. The zero-order valence-electron chi connectivity index (χ0n) is 15.7. The number of nitrogen functional groups attached to an aromatic ring is 1. The van der Waals surface area contributed by atoms with Crippen molar-refractivity contribution in [3.05, 3.63) is 68.4 Å². The number of nitrogens with zero attached hydrogens (tertiary/aromatic N) is 1. The molecule has 0 aliphatic heterocycles. The highest BCUT2D eigenvalue weighted by atomic mass is 79.9. The second kappa shape index (κ2) is 8.75. The molecule has 0 bridgehead atoms. The van der Waals surface area contributed by atoms with Crippen LogP contribution in [0.1, 0.15) is 27.4 Å². The van der Waals surface area contributed by atoms with Gasteiger partial charge in [0.05, 0.1) is 10.6 Å². The van der Waals surface area contributed by atoms with Gasteiger partial charge in [0.15, 0.2) is 11.6 Å². The Morgan fingerprint density at radius 3 is 2.65 bits per heavy atom. The summed E-state index contributed by atoms with van der Waals surface area (Å²) in [7, 11) is 0. The van der Waals surface area contributed by atoms with Crippen LogP contribution in [0.4, 0.5) is 23.2 Å². The Morgan fingerprint density at radius 1 is 1.32 bits per heavy atom. The summed E-state index contributed by atoms with van der Waals surface area (Å²) in [6.45, 7) is 1.41. The number of anilines is 1. The third kappa shape index (κ3) is 5.28. The molecule has 1 heterocycles. The van der Waals surface area contributed by atoms with Gasteiger partial charge in [-0.25, -0.2) is 9.37 Å². The minimum atomic E-state index is -4.67. The maximum atomic E-state index is 14.9. The highest BCUT2D eigenvalue weighted by molar-refractivity contribution is 9.10. The maximum Gasteiger partial charge on any atom is 0.416 e. The van der Waals surface area contributed by atoms with Gasteiger partial charge < -0.3 is 20.8 Å². The van der Waals surface area contributed by atoms with Gasteiger partial charge in [0.25, 0.3) is 5.91 Å². The van der Waals surface area contributed by atoms with Crippen molar-refractivity contribution in [2.24, 2.45) is 0 Å². The monoisotopic (exact) mass is 520 g/mol. The molecule has 0 saturated carbocycles. The van der Waals surface area contributed by atoms with Crippen LogP contribution in [-0.4, -0.2) is 15.9 Å². The number of H-pyrrole nitrogens is 1. The van der Waals surface area contributed by atoms with Gasteiger partial charge in [-0.15, -0.1) is 0 Å². The molecule has 6 nitrogen and oxygen atoms in total. The number of nitrogens with two attached hydrogens (primary N) is 1. The molecule has 0 atom stereocenters. The van der Waals surface area contributed by atoms with Crippen molar-refractivity contribution in [3.63, 3.8) is 0 Å². The molecule has 0 unspecified atom stereocenters. The number of halogens is 6. The van der Waals surface area contributed by atoms with E-state index in [1.165, 1.54) is 12.1 Å². The number of benzene rings is 2. The zero-order chi connectivity index (χ0) is 22.9. The fourth-order valence-electron chi connectivity index (χ4n) is 2.64. The van der Waals surface area contributed by atoms with E-state index < -0.39 is 29.2 Å². The van der Waals surface area contributed by atoms with Gasteiger partial charge in [0, 0.05) is 23.9 Å². The van der Waals surface area contributed by atoms with E-state index in [9.17, 15) is 22.4 Å². The highest BCUT2D eigenvalue weighted by Crippen LogP contribution is 2.38. The van der Waals surface area contributed by atoms with Crippen LogP contribution >= 0.6 is 27.5 Å². The van der Waals surface area contributed by atoms with E-state index in [2.05, 4.69) is 31.2 Å². The van der Waals surface area contributed by atoms with Crippen LogP contribution in [0.5, 0.6) is 11.5 Å². The third-order valence-corrected chi connectivity index (χ3v) is 4.92. The lowest BCUT2D eigenvalue weighted by atomic mass is 10.1. The molecular formula is C19H14BrClF4N4O2. The molecule has 0 fully saturated rings. The van der Waals surface area contributed by atoms with E-state index in [0.717, 1.165) is 12.1 Å². The number of hydrogen-bond acceptors (Lipinski definition) is 4. The molecule has 0 radical (unpaired) electrons. The number of imidazole rings is 1. The van der Waals surface area contributed by atoms with Gasteiger partial charge in [-0.1, -0.05) is 17.7 Å². The molecule has 164 valence electrons. The summed E-state index contributed by atoms with van der Waals surface area (Å²) in [5.74, 6) is -1.82. The summed E-state index contributed by atoms with van der Waals surface area (Å²) < 4.78 is 59.5. The Labute approximate surface area is 186 Å². The lowest BCUT2D eigenvalue weighted by Gasteiger charge is -2.14. The van der Waals surface area contributed by atoms with Crippen LogP contribution in [0.25, 0.3) is 0 Å². The summed E-state index contributed by atoms with van der Waals surface area (Å²) in [5.41, 5.74) is 4.38. The third-order valence-electron chi connectivity index (χ3n) is 4.05. The van der Waals surface area contributed by atoms with Crippen LogP contribution in [-0.2, 0) is 12.7 Å². The second-order valence-corrected chi connectivity index (χ2v) is 7.57. The molecule has 1 aromatic heterocycles. The summed E-state index contributed by atoms with van der Waals surface area (Å²) in [4.78, 5) is 19.0. The molecule has 12 heteroatoms. The Bertz CT molecular complexity index is 1150. The quantitative estimate of drug-likeness (QED) is 0.301. The van der Waals surface area contributed by atoms with E-state index in [0.29, 0.717) is 16.5 Å². The molecule has 0 aliphatic rings. The van der Waals surface area contributed by atoms with Gasteiger partial charge in [0.1, 0.15) is 21.9 Å². The largest absolute Gasteiger partial charge is 0.453 e. The summed E-state index contributed by atoms with van der Waals surface area (Å²) >= 11 is 9.11. The van der Waals surface area contributed by atoms with Crippen molar-refractivity contribution >= 4 is 39.1 Å². The normalized spacial score (nSPS) is 11.5. The van der Waals surface area contributed by atoms with E-state index in [1.54, 1.807) is 6.92 Å². The maximum absolute atomic E-state index is 14.9. The number of amides is 1. The summed E-state index contributed by atoms with van der Waals surface area (Å²) in [5, 5.41) is 2.34. The van der Waals surface area contributed by atoms with Gasteiger partial charge in [-0.05, 0) is 41.1 Å². The number of ether oxygens (including phenoxy) is 1. The smallest absolute Gasteiger partial charge is 0.416 e. The molecule has 4 N–H and O–H groups in total. The number of carbonyl (C=O) groups excluding carboxylic acids is 1. The van der Waals surface area contributed by atoms with Gasteiger partial charge in [0.2, 0.25) is 0 Å². The molecule has 1 amide bonds. The van der Waals surface area contributed by atoms with Crippen molar-refractivity contribution in [2.75, 3.05) is 5.73 Å². The van der Waals surface area contributed by atoms with Crippen LogP contribution in [0.15, 0.2) is 34.9 Å². The van der Waals surface area contributed by atoms with E-state index in [4.69, 9.17) is 22.1 Å². The van der Waals surface area contributed by atoms with Crippen molar-refractivity contribution in [1.29, 1.82) is 0 Å². The van der Waals surface area contributed by atoms with Crippen molar-refractivity contribution < 1.29 is 27.1 Å². The van der Waals surface area contributed by atoms with Gasteiger partial charge in [-0.2, -0.15) is 13.2 Å². The first-order valence-corrected chi connectivity index (χ1v) is 9.75. The molecule has 0 aliphatic carbocycles. The first-order chi connectivity index (χ1) is 14.5. The van der Waals surface area contributed by atoms with E-state index in [-0.39, 0.29) is 34.3 Å². The molecule has 3 aromatic rings. The number of rotatable bonds is 5. The predicted molar refractivity (Wildman–Crippen MR) is 110 cm³/mol. The van der Waals surface area contributed by atoms with Crippen molar-refractivity contribution in [2.45, 2.75) is 19.6 Å². The number of hydrogen-bond donors (Lipinski definition) is 3. The number of aryl methyl sites for hydroxylation is 1. The number of aromatic nitrogens is 2. The fourth-order valence-corrected chi connectivity index (χ4v) is 3.37. The molecule has 0 saturated heterocycles. The van der Waals surface area contributed by atoms with Gasteiger partial charge >= 0.3 is 6.18 Å². The number of alkyl halides is 3. The first-order valence-electron chi connectivity index (χ1n) is 8.58. The Kier molecular flexibility index (Phi) is 6.46. The van der Waals surface area contributed by atoms with E-state index >= 15 is 0 Å². The molecule has 2 aromatic carbocycles. The van der Waals surface area contributed by atoms with Gasteiger partial charge in [-0.3, -0.25) is 4.79 Å². The minimum Gasteiger partial charge on any atom is -0.453 e. The average molecular weight is 522 g/mol. The fraction of sp³-hybridized carbons (Fsp3) is 0.158. The standard InChI is InChI=1S/C19H14BrClF4N4O2/c1-8-28-15(17(20)29-8)18(30)27-7-9-2-3-13(21)16(14(9)22)31-12-5-10(19(23,24)25)4-11(26)6-12/h2-6H,7,26H2,1H3,(H,27,30)(H,28,29). The molecule has 31 heavy (non-hydrogen) atoms. The zero-order valence-corrected chi connectivity index (χ0v) is 18.0. The number of carbonyl (C=O) groups is 1. The highest BCUT2D eigenvalue weighted by Gasteiger charge is 2.31. The topological polar surface area (TPSA) is 93.0 Å². The molecular weight excluding hydrogens is 508 g/mol. The lowest BCUT2D eigenvalue weighted by molar-refractivity contribution is -0.137. The SMILES string of the molecule is Cc1nc(Br)c(C(=O)NCc2ccc(Cl)c(Oc3cc(N)cc(C(F)(F)F)c3)c2F)[nH]1. The molecule has 3 rings (SSSR count). The van der Waals surface area contributed by atoms with Crippen LogP contribution in [0.3, 0.4) is 0 Å². The number of aromatic amines is 1. The second-order valence-electron chi connectivity index (χ2n) is 6.41. The molecule has 0 spiro atoms. The Hall–Kier alpha value is -2.79. The van der Waals surface area contributed by atoms with Crippen LogP contribution < -0.4 is 15.8 Å². The Balaban J connectivity index is 1.84. The van der Waals surface area contributed by atoms with E-state index in [1.807, 2.05) is 0 Å². The Morgan fingerprint density at radius 2 is 2.03 bits per heavy atom. The summed E-state index contributed by atoms with van der Waals surface area (Å²) in [6, 6.07) is 5.13. The summed E-state index contributed by atoms with van der Waals surface area (Å²) in [6.07, 6.45) is -4.67. The first kappa shape index (κ1) is 22.9. The van der Waals surface area contributed by atoms with Crippen molar-refractivity contribution in [1.82, 2.24) is 15.3 Å². The average Bonchev–Trinajstić information content (AvgIpc) is 3.01. The van der Waals surface area contributed by atoms with Crippen LogP contribution in [0.2, 0.25) is 5.02 Å². The van der Waals surface area contributed by atoms with Crippen LogP contribution in [0, 0.1) is 12.7 Å². The minimum absolute atomic E-state index is 0.0000533. The van der Waals surface area contributed by atoms with Crippen molar-refractivity contribution in [3.8, 4) is 11.5 Å².